The molecule has 120 valence electrons. The second kappa shape index (κ2) is 11.6. The minimum absolute atomic E-state index is 1.30. The largest absolute Gasteiger partial charge is 0.0622 e. The predicted molar refractivity (Wildman–Crippen MR) is 119 cm³/mol. The van der Waals surface area contributed by atoms with Crippen LogP contribution in [0, 0.1) is 27.9 Å². The van der Waals surface area contributed by atoms with Crippen LogP contribution in [0.1, 0.15) is 16.7 Å². The van der Waals surface area contributed by atoms with E-state index in [-0.39, 0.29) is 0 Å². The van der Waals surface area contributed by atoms with Crippen LogP contribution >= 0.6 is 45.2 Å². The van der Waals surface area contributed by atoms with Crippen LogP contribution in [0.3, 0.4) is 0 Å². The van der Waals surface area contributed by atoms with Crippen molar-refractivity contribution in [3.63, 3.8) is 0 Å². The average molecular weight is 528 g/mol. The third-order valence-electron chi connectivity index (χ3n) is 3.03. The maximum Gasteiger partial charge on any atom is 0.0159 e. The Balaban J connectivity index is 0.000000173. The molecular formula is C21H22I2. The van der Waals surface area contributed by atoms with Gasteiger partial charge in [-0.05, 0) is 89.7 Å². The molecular weight excluding hydrogens is 506 g/mol. The van der Waals surface area contributed by atoms with Crippen molar-refractivity contribution in [1.29, 1.82) is 0 Å². The highest BCUT2D eigenvalue weighted by Gasteiger charge is 1.86. The summed E-state index contributed by atoms with van der Waals surface area (Å²) in [6.45, 7) is 6.29. The molecule has 23 heavy (non-hydrogen) atoms. The number of halogens is 2. The molecule has 0 spiro atoms. The molecule has 0 aliphatic heterocycles. The van der Waals surface area contributed by atoms with Crippen molar-refractivity contribution in [2.24, 2.45) is 0 Å². The van der Waals surface area contributed by atoms with Crippen molar-refractivity contribution >= 4 is 45.2 Å². The van der Waals surface area contributed by atoms with Gasteiger partial charge in [0, 0.05) is 7.14 Å². The summed E-state index contributed by atoms with van der Waals surface area (Å²) >= 11 is 4.62. The first-order valence-electron chi connectivity index (χ1n) is 7.44. The summed E-state index contributed by atoms with van der Waals surface area (Å²) in [6, 6.07) is 27.0. The van der Waals surface area contributed by atoms with E-state index in [1.165, 1.54) is 23.8 Å². The van der Waals surface area contributed by atoms with Crippen LogP contribution in [-0.2, 0) is 0 Å². The average Bonchev–Trinajstić information content (AvgIpc) is 2.55. The van der Waals surface area contributed by atoms with Crippen molar-refractivity contribution in [2.45, 2.75) is 20.8 Å². The van der Waals surface area contributed by atoms with E-state index in [1.807, 2.05) is 18.2 Å². The lowest BCUT2D eigenvalue weighted by Crippen LogP contribution is -1.74. The van der Waals surface area contributed by atoms with Crippen LogP contribution in [0.2, 0.25) is 0 Å². The van der Waals surface area contributed by atoms with Gasteiger partial charge in [0.05, 0.1) is 0 Å². The van der Waals surface area contributed by atoms with Crippen LogP contribution in [0.25, 0.3) is 0 Å². The van der Waals surface area contributed by atoms with Gasteiger partial charge in [-0.3, -0.25) is 0 Å². The quantitative estimate of drug-likeness (QED) is 0.271. The first kappa shape index (κ1) is 20.2. The van der Waals surface area contributed by atoms with Crippen LogP contribution < -0.4 is 0 Å². The van der Waals surface area contributed by atoms with E-state index in [0.717, 1.165) is 0 Å². The van der Waals surface area contributed by atoms with Gasteiger partial charge in [-0.2, -0.15) is 0 Å². The zero-order valence-electron chi connectivity index (χ0n) is 13.8. The second-order valence-electron chi connectivity index (χ2n) is 5.20. The number of benzene rings is 3. The summed E-state index contributed by atoms with van der Waals surface area (Å²) in [5.41, 5.74) is 4.00. The second-order valence-corrected chi connectivity index (χ2v) is 7.61. The molecule has 0 aromatic heterocycles. The molecule has 0 saturated carbocycles. The van der Waals surface area contributed by atoms with Crippen molar-refractivity contribution in [3.8, 4) is 0 Å². The minimum atomic E-state index is 1.30. The molecule has 3 rings (SSSR count). The van der Waals surface area contributed by atoms with Crippen molar-refractivity contribution < 1.29 is 0 Å². The van der Waals surface area contributed by atoms with Crippen molar-refractivity contribution in [3.05, 3.63) is 103 Å². The fourth-order valence-corrected chi connectivity index (χ4v) is 2.37. The predicted octanol–water partition coefficient (Wildman–Crippen LogP) is 7.19. The lowest BCUT2D eigenvalue weighted by atomic mass is 10.2. The van der Waals surface area contributed by atoms with Gasteiger partial charge in [-0.25, -0.2) is 0 Å². The van der Waals surface area contributed by atoms with Gasteiger partial charge in [0.2, 0.25) is 0 Å². The molecule has 0 amide bonds. The Morgan fingerprint density at radius 1 is 0.522 bits per heavy atom. The van der Waals surface area contributed by atoms with Crippen LogP contribution in [0.15, 0.2) is 78.9 Å². The Morgan fingerprint density at radius 2 is 1.00 bits per heavy atom. The molecule has 0 saturated heterocycles. The highest BCUT2D eigenvalue weighted by Crippen LogP contribution is 2.08. The SMILES string of the molecule is Cc1ccc(I)cc1.Cc1ccccc1.Cc1ccccc1I. The third kappa shape index (κ3) is 9.76. The standard InChI is InChI=1S/2C7H7I.C7H8/c1-6-2-4-7(8)5-3-6;1-6-4-2-3-5-7(6)8;1-7-5-3-2-4-6-7/h2*2-5H,1H3;2-6H,1H3. The molecule has 0 fully saturated rings. The molecule has 3 aromatic carbocycles. The van der Waals surface area contributed by atoms with Gasteiger partial charge in [0.1, 0.15) is 0 Å². The van der Waals surface area contributed by atoms with Gasteiger partial charge in [0.25, 0.3) is 0 Å². The van der Waals surface area contributed by atoms with Gasteiger partial charge in [-0.1, -0.05) is 71.8 Å². The molecule has 0 N–H and O–H groups in total. The summed E-state index contributed by atoms with van der Waals surface area (Å²) < 4.78 is 2.64. The van der Waals surface area contributed by atoms with E-state index >= 15 is 0 Å². The Morgan fingerprint density at radius 3 is 1.35 bits per heavy atom. The molecule has 0 aliphatic carbocycles. The van der Waals surface area contributed by atoms with E-state index in [1.54, 1.807) is 0 Å². The fraction of sp³-hybridized carbons (Fsp3) is 0.143. The van der Waals surface area contributed by atoms with E-state index in [9.17, 15) is 0 Å². The lowest BCUT2D eigenvalue weighted by Gasteiger charge is -1.91. The Hall–Kier alpha value is -0.880. The zero-order valence-corrected chi connectivity index (χ0v) is 18.1. The zero-order chi connectivity index (χ0) is 17.1. The first-order chi connectivity index (χ1) is 11.0. The summed E-state index contributed by atoms with van der Waals surface area (Å²) in [4.78, 5) is 0. The van der Waals surface area contributed by atoms with Crippen LogP contribution in [0.4, 0.5) is 0 Å². The normalized spacial score (nSPS) is 9.09. The van der Waals surface area contributed by atoms with Crippen LogP contribution in [-0.4, -0.2) is 0 Å². The molecule has 0 aliphatic rings. The van der Waals surface area contributed by atoms with Crippen molar-refractivity contribution in [1.82, 2.24) is 0 Å². The molecule has 0 unspecified atom stereocenters. The molecule has 0 bridgehead atoms. The highest BCUT2D eigenvalue weighted by molar-refractivity contribution is 14.1. The molecule has 0 nitrogen and oxygen atoms in total. The minimum Gasteiger partial charge on any atom is -0.0622 e. The maximum absolute atomic E-state index is 2.32. The number of hydrogen-bond donors (Lipinski definition) is 0. The highest BCUT2D eigenvalue weighted by atomic mass is 127. The topological polar surface area (TPSA) is 0 Å². The van der Waals surface area contributed by atoms with Gasteiger partial charge in [0.15, 0.2) is 0 Å². The van der Waals surface area contributed by atoms with E-state index < -0.39 is 0 Å². The Kier molecular flexibility index (Phi) is 10.2. The molecule has 0 atom stereocenters. The summed E-state index contributed by atoms with van der Waals surface area (Å²) in [5, 5.41) is 0. The number of aryl methyl sites for hydroxylation is 3. The monoisotopic (exact) mass is 528 g/mol. The number of rotatable bonds is 0. The molecule has 0 heterocycles. The number of hydrogen-bond acceptors (Lipinski definition) is 0. The van der Waals surface area contributed by atoms with Gasteiger partial charge < -0.3 is 0 Å². The van der Waals surface area contributed by atoms with Gasteiger partial charge >= 0.3 is 0 Å². The lowest BCUT2D eigenvalue weighted by molar-refractivity contribution is 1.43. The van der Waals surface area contributed by atoms with E-state index in [0.29, 0.717) is 0 Å². The van der Waals surface area contributed by atoms with Crippen molar-refractivity contribution in [2.75, 3.05) is 0 Å². The summed E-state index contributed by atoms with van der Waals surface area (Å²) in [7, 11) is 0. The van der Waals surface area contributed by atoms with Gasteiger partial charge in [-0.15, -0.1) is 0 Å². The first-order valence-corrected chi connectivity index (χ1v) is 9.59. The third-order valence-corrected chi connectivity index (χ3v) is 4.96. The summed E-state index contributed by atoms with van der Waals surface area (Å²) in [6.07, 6.45) is 0. The van der Waals surface area contributed by atoms with E-state index in [2.05, 4.69) is 127 Å². The molecule has 0 radical (unpaired) electrons. The Bertz CT molecular complexity index is 632. The maximum atomic E-state index is 2.32. The van der Waals surface area contributed by atoms with Crippen LogP contribution in [0.5, 0.6) is 0 Å². The smallest absolute Gasteiger partial charge is 0.0159 e. The molecule has 2 heteroatoms. The summed E-state index contributed by atoms with van der Waals surface area (Å²) in [5.74, 6) is 0. The Labute approximate surface area is 167 Å². The molecule has 3 aromatic rings. The van der Waals surface area contributed by atoms with E-state index in [4.69, 9.17) is 0 Å². The fourth-order valence-electron chi connectivity index (χ4n) is 1.62.